The van der Waals surface area contributed by atoms with Gasteiger partial charge in [0.1, 0.15) is 5.60 Å². The van der Waals surface area contributed by atoms with Crippen molar-refractivity contribution >= 4 is 29.8 Å². The molecule has 158 valence electrons. The third kappa shape index (κ3) is 12.7. The molecule has 0 aromatic heterocycles. The van der Waals surface area contributed by atoms with Crippen LogP contribution in [0.3, 0.4) is 0 Å². The Hall–Kier alpha value is -2.29. The van der Waals surface area contributed by atoms with Gasteiger partial charge in [0, 0.05) is 17.1 Å². The van der Waals surface area contributed by atoms with E-state index in [0.29, 0.717) is 0 Å². The maximum absolute atomic E-state index is 10.3. The van der Waals surface area contributed by atoms with Crippen molar-refractivity contribution in [3.05, 3.63) is 0 Å². The zero-order chi connectivity index (χ0) is 21.3. The number of hydrogen-bond acceptors (Lipinski definition) is 9. The first-order chi connectivity index (χ1) is 11.6. The van der Waals surface area contributed by atoms with Crippen LogP contribution in [-0.2, 0) is 41.0 Å². The predicted molar refractivity (Wildman–Crippen MR) is 74.8 cm³/mol. The minimum atomic E-state index is -2.74. The van der Waals surface area contributed by atoms with Crippen LogP contribution in [0.2, 0.25) is 0 Å². The molecule has 15 heteroatoms. The van der Waals surface area contributed by atoms with Crippen LogP contribution in [0.4, 0.5) is 0 Å². The normalized spacial score (nSPS) is 10.9. The van der Waals surface area contributed by atoms with Gasteiger partial charge in [-0.15, -0.1) is 0 Å². The summed E-state index contributed by atoms with van der Waals surface area (Å²) in [5, 5.41) is 76.5. The molecular formula is C12H18FeO14. The van der Waals surface area contributed by atoms with E-state index < -0.39 is 73.0 Å². The molecule has 0 aliphatic heterocycles. The van der Waals surface area contributed by atoms with Crippen molar-refractivity contribution in [2.45, 2.75) is 43.2 Å². The van der Waals surface area contributed by atoms with Gasteiger partial charge in [-0.1, -0.05) is 0 Å². The second-order valence-electron chi connectivity index (χ2n) is 5.10. The molecule has 0 fully saturated rings. The van der Waals surface area contributed by atoms with E-state index in [1.165, 1.54) is 0 Å². The third-order valence-electron chi connectivity index (χ3n) is 2.68. The SMILES string of the molecule is O=C(O)CC(O)(CC(=O)O)C(=O)O.O=C(O)CC(O)(CC(=O)O)C(O)O.[Fe]. The zero-order valence-electron chi connectivity index (χ0n) is 13.3. The van der Waals surface area contributed by atoms with Gasteiger partial charge in [-0.05, 0) is 0 Å². The van der Waals surface area contributed by atoms with E-state index in [4.69, 9.17) is 46.0 Å². The molecule has 9 N–H and O–H groups in total. The van der Waals surface area contributed by atoms with Crippen LogP contribution < -0.4 is 0 Å². The molecule has 0 heterocycles. The minimum absolute atomic E-state index is 0. The summed E-state index contributed by atoms with van der Waals surface area (Å²) in [6, 6.07) is 0. The maximum Gasteiger partial charge on any atom is 0.336 e. The number of hydrogen-bond donors (Lipinski definition) is 9. The zero-order valence-corrected chi connectivity index (χ0v) is 14.4. The molecule has 0 rings (SSSR count). The summed E-state index contributed by atoms with van der Waals surface area (Å²) in [5.41, 5.74) is -5.28. The second kappa shape index (κ2) is 12.2. The van der Waals surface area contributed by atoms with Crippen molar-refractivity contribution in [2.75, 3.05) is 0 Å². The summed E-state index contributed by atoms with van der Waals surface area (Å²) >= 11 is 0. The molecule has 0 aromatic carbocycles. The Balaban J connectivity index is -0.000000411. The van der Waals surface area contributed by atoms with Gasteiger partial charge in [0.15, 0.2) is 11.9 Å². The van der Waals surface area contributed by atoms with E-state index in [-0.39, 0.29) is 17.1 Å². The van der Waals surface area contributed by atoms with Crippen LogP contribution in [0, 0.1) is 0 Å². The van der Waals surface area contributed by atoms with Crippen LogP contribution in [0.25, 0.3) is 0 Å². The minimum Gasteiger partial charge on any atom is -0.481 e. The molecule has 27 heavy (non-hydrogen) atoms. The van der Waals surface area contributed by atoms with Crippen LogP contribution in [-0.4, -0.2) is 93.3 Å². The average Bonchev–Trinajstić information content (AvgIpc) is 2.34. The van der Waals surface area contributed by atoms with Gasteiger partial charge in [0.25, 0.3) is 0 Å². The molecule has 0 bridgehead atoms. The first-order valence-electron chi connectivity index (χ1n) is 6.47. The van der Waals surface area contributed by atoms with Crippen molar-refractivity contribution in [3.8, 4) is 0 Å². The number of aliphatic hydroxyl groups is 4. The first-order valence-corrected chi connectivity index (χ1v) is 6.47. The van der Waals surface area contributed by atoms with Crippen LogP contribution >= 0.6 is 0 Å². The van der Waals surface area contributed by atoms with Crippen molar-refractivity contribution in [1.29, 1.82) is 0 Å². The van der Waals surface area contributed by atoms with E-state index in [0.717, 1.165) is 0 Å². The van der Waals surface area contributed by atoms with E-state index >= 15 is 0 Å². The molecule has 0 unspecified atom stereocenters. The van der Waals surface area contributed by atoms with Gasteiger partial charge in [0.05, 0.1) is 25.7 Å². The molecule has 0 aromatic rings. The Morgan fingerprint density at radius 2 is 0.889 bits per heavy atom. The van der Waals surface area contributed by atoms with Gasteiger partial charge >= 0.3 is 29.8 Å². The Bertz CT molecular complexity index is 524. The fourth-order valence-corrected chi connectivity index (χ4v) is 1.48. The van der Waals surface area contributed by atoms with Crippen LogP contribution in [0.5, 0.6) is 0 Å². The van der Waals surface area contributed by atoms with Gasteiger partial charge < -0.3 is 46.0 Å². The van der Waals surface area contributed by atoms with Gasteiger partial charge in [-0.2, -0.15) is 0 Å². The summed E-state index contributed by atoms with van der Waals surface area (Å²) in [4.78, 5) is 50.7. The average molecular weight is 442 g/mol. The second-order valence-corrected chi connectivity index (χ2v) is 5.10. The summed E-state index contributed by atoms with van der Waals surface area (Å²) in [7, 11) is 0. The number of aliphatic hydroxyl groups excluding tert-OH is 1. The summed E-state index contributed by atoms with van der Waals surface area (Å²) in [6.07, 6.45) is -6.78. The number of carboxylic acid groups (broad SMARTS) is 5. The smallest absolute Gasteiger partial charge is 0.336 e. The number of aliphatic carboxylic acids is 5. The summed E-state index contributed by atoms with van der Waals surface area (Å²) in [5.74, 6) is -8.05. The molecule has 0 aliphatic rings. The Kier molecular flexibility index (Phi) is 13.3. The number of carboxylic acids is 5. The third-order valence-corrected chi connectivity index (χ3v) is 2.68. The van der Waals surface area contributed by atoms with Crippen LogP contribution in [0.1, 0.15) is 25.7 Å². The summed E-state index contributed by atoms with van der Waals surface area (Å²) in [6.45, 7) is 0. The summed E-state index contributed by atoms with van der Waals surface area (Å²) < 4.78 is 0. The fourth-order valence-electron chi connectivity index (χ4n) is 1.48. The van der Waals surface area contributed by atoms with Crippen molar-refractivity contribution < 1.29 is 87.0 Å². The Labute approximate surface area is 160 Å². The van der Waals surface area contributed by atoms with E-state index in [2.05, 4.69) is 0 Å². The Morgan fingerprint density at radius 3 is 1.04 bits per heavy atom. The first kappa shape index (κ1) is 29.5. The largest absolute Gasteiger partial charge is 0.481 e. The standard InChI is InChI=1S/C6H10O7.C6H8O7.Fe/c2*7-3(8)1-6(13,5(11)12)2-4(9)10;/h5,11-13H,1-2H2,(H,7,8)(H,9,10);13H,1-2H2,(H,7,8)(H,9,10)(H,11,12);. The molecule has 14 nitrogen and oxygen atoms in total. The number of rotatable bonds is 10. The molecule has 0 atom stereocenters. The maximum atomic E-state index is 10.3. The van der Waals surface area contributed by atoms with Crippen LogP contribution in [0.15, 0.2) is 0 Å². The number of carbonyl (C=O) groups is 5. The quantitative estimate of drug-likeness (QED) is 0.119. The topological polar surface area (TPSA) is 267 Å². The predicted octanol–water partition coefficient (Wildman–Crippen LogP) is -3.27. The van der Waals surface area contributed by atoms with Crippen molar-refractivity contribution in [1.82, 2.24) is 0 Å². The molecule has 0 radical (unpaired) electrons. The van der Waals surface area contributed by atoms with E-state index in [1.807, 2.05) is 0 Å². The van der Waals surface area contributed by atoms with Gasteiger partial charge in [-0.25, -0.2) is 4.79 Å². The molecule has 0 amide bonds. The monoisotopic (exact) mass is 442 g/mol. The molecule has 0 saturated heterocycles. The van der Waals surface area contributed by atoms with Gasteiger partial charge in [-0.3, -0.25) is 19.2 Å². The Morgan fingerprint density at radius 1 is 0.630 bits per heavy atom. The van der Waals surface area contributed by atoms with Gasteiger partial charge in [0.2, 0.25) is 0 Å². The van der Waals surface area contributed by atoms with Crippen molar-refractivity contribution in [3.63, 3.8) is 0 Å². The van der Waals surface area contributed by atoms with Crippen molar-refractivity contribution in [2.24, 2.45) is 0 Å². The van der Waals surface area contributed by atoms with E-state index in [9.17, 15) is 24.0 Å². The molecule has 0 aliphatic carbocycles. The fraction of sp³-hybridized carbons (Fsp3) is 0.583. The van der Waals surface area contributed by atoms with E-state index in [1.54, 1.807) is 0 Å². The molecular weight excluding hydrogens is 424 g/mol. The molecule has 0 spiro atoms. The molecule has 0 saturated carbocycles.